The van der Waals surface area contributed by atoms with Crippen molar-refractivity contribution in [1.29, 1.82) is 0 Å². The number of aromatic nitrogens is 2. The van der Waals surface area contributed by atoms with Crippen LogP contribution in [0.2, 0.25) is 0 Å². The molecule has 0 saturated heterocycles. The molecule has 3 aromatic carbocycles. The van der Waals surface area contributed by atoms with Crippen LogP contribution in [0.5, 0.6) is 0 Å². The molecule has 5 nitrogen and oxygen atoms in total. The van der Waals surface area contributed by atoms with E-state index in [-0.39, 0.29) is 28.3 Å². The molecule has 6 heteroatoms. The summed E-state index contributed by atoms with van der Waals surface area (Å²) in [5.74, 6) is 0.221. The Labute approximate surface area is 193 Å². The smallest absolute Gasteiger partial charge is 0.184 e. The third kappa shape index (κ3) is 4.57. The Hall–Kier alpha value is -3.38. The summed E-state index contributed by atoms with van der Waals surface area (Å²) in [7, 11) is -3.50. The van der Waals surface area contributed by atoms with Crippen LogP contribution in [-0.4, -0.2) is 24.4 Å². The molecule has 33 heavy (non-hydrogen) atoms. The summed E-state index contributed by atoms with van der Waals surface area (Å²) in [5, 5.41) is 9.97. The zero-order valence-electron chi connectivity index (χ0n) is 18.3. The summed E-state index contributed by atoms with van der Waals surface area (Å²) >= 11 is 0. The number of benzene rings is 3. The van der Waals surface area contributed by atoms with Gasteiger partial charge in [0.25, 0.3) is 0 Å². The summed E-state index contributed by atoms with van der Waals surface area (Å²) in [6, 6.07) is 22.7. The number of hydrogen-bond acceptors (Lipinski definition) is 5. The first-order chi connectivity index (χ1) is 15.9. The minimum absolute atomic E-state index is 0.000354. The lowest BCUT2D eigenvalue weighted by molar-refractivity contribution is -0.119. The quantitative estimate of drug-likeness (QED) is 0.398. The predicted molar refractivity (Wildman–Crippen MR) is 128 cm³/mol. The number of sulfone groups is 1. The van der Waals surface area contributed by atoms with Crippen molar-refractivity contribution in [2.45, 2.75) is 36.3 Å². The lowest BCUT2D eigenvalue weighted by Gasteiger charge is -2.07. The van der Waals surface area contributed by atoms with Crippen molar-refractivity contribution >= 4 is 26.4 Å². The lowest BCUT2D eigenvalue weighted by atomic mass is 9.98. The van der Waals surface area contributed by atoms with Gasteiger partial charge in [-0.1, -0.05) is 48.5 Å². The van der Waals surface area contributed by atoms with Crippen LogP contribution in [0.25, 0.3) is 10.8 Å². The first-order valence-corrected chi connectivity index (χ1v) is 12.7. The molecular weight excluding hydrogens is 432 g/mol. The van der Waals surface area contributed by atoms with Crippen LogP contribution >= 0.6 is 0 Å². The van der Waals surface area contributed by atoms with Crippen LogP contribution in [0, 0.1) is 12.8 Å². The highest BCUT2D eigenvalue weighted by Crippen LogP contribution is 2.48. The SMILES string of the molecule is Cc1cccc2ccc(CC(=O)[C@@H]3CC3c3ccc(S(=O)(=O)Cc4cccnn4)cc3)cc12. The van der Waals surface area contributed by atoms with Crippen molar-refractivity contribution in [3.8, 4) is 0 Å². The van der Waals surface area contributed by atoms with Crippen molar-refractivity contribution in [2.24, 2.45) is 5.92 Å². The summed E-state index contributed by atoms with van der Waals surface area (Å²) in [6.07, 6.45) is 2.76. The second-order valence-corrected chi connectivity index (χ2v) is 10.8. The van der Waals surface area contributed by atoms with Gasteiger partial charge in [0.05, 0.1) is 16.3 Å². The van der Waals surface area contributed by atoms with Gasteiger partial charge in [-0.2, -0.15) is 10.2 Å². The maximum Gasteiger partial charge on any atom is 0.184 e. The van der Waals surface area contributed by atoms with Crippen LogP contribution in [0.15, 0.2) is 83.9 Å². The number of Topliss-reactive ketones (excluding diaryl/α,β-unsaturated/α-hetero) is 1. The van der Waals surface area contributed by atoms with Gasteiger partial charge in [0.2, 0.25) is 0 Å². The maximum absolute atomic E-state index is 12.9. The third-order valence-corrected chi connectivity index (χ3v) is 8.05. The van der Waals surface area contributed by atoms with Crippen molar-refractivity contribution < 1.29 is 13.2 Å². The molecule has 0 aliphatic heterocycles. The largest absolute Gasteiger partial charge is 0.299 e. The predicted octanol–water partition coefficient (Wildman–Crippen LogP) is 4.83. The average Bonchev–Trinajstić information content (AvgIpc) is 3.61. The zero-order chi connectivity index (χ0) is 23.0. The van der Waals surface area contributed by atoms with E-state index in [1.54, 1.807) is 24.3 Å². The van der Waals surface area contributed by atoms with Crippen LogP contribution in [-0.2, 0) is 26.8 Å². The normalized spacial score (nSPS) is 17.7. The molecule has 1 heterocycles. The molecular formula is C27H24N2O3S. The number of aryl methyl sites for hydroxylation is 1. The Balaban J connectivity index is 1.25. The number of fused-ring (bicyclic) bond motifs is 1. The van der Waals surface area contributed by atoms with E-state index >= 15 is 0 Å². The standard InChI is InChI=1S/C27H24N2O3S/c1-18-4-2-5-20-8-7-19(14-24(18)20)15-27(30)26-16-25(26)21-9-11-23(12-10-21)33(31,32)17-22-6-3-13-28-29-22/h2-14,25-26H,15-17H2,1H3/t25?,26-/m1/s1. The Morgan fingerprint density at radius 2 is 1.82 bits per heavy atom. The van der Waals surface area contributed by atoms with Crippen LogP contribution < -0.4 is 0 Å². The Morgan fingerprint density at radius 3 is 2.58 bits per heavy atom. The Kier molecular flexibility index (Phi) is 5.54. The zero-order valence-corrected chi connectivity index (χ0v) is 19.1. The van der Waals surface area contributed by atoms with Crippen LogP contribution in [0.1, 0.15) is 34.7 Å². The monoisotopic (exact) mass is 456 g/mol. The van der Waals surface area contributed by atoms with Gasteiger partial charge in [0.1, 0.15) is 5.78 Å². The molecule has 0 radical (unpaired) electrons. The number of nitrogens with zero attached hydrogens (tertiary/aromatic N) is 2. The van der Waals surface area contributed by atoms with Gasteiger partial charge >= 0.3 is 0 Å². The summed E-state index contributed by atoms with van der Waals surface area (Å²) in [5.41, 5.74) is 3.68. The second kappa shape index (κ2) is 8.52. The van der Waals surface area contributed by atoms with Gasteiger partial charge in [0, 0.05) is 18.5 Å². The number of carbonyl (C=O) groups is 1. The van der Waals surface area contributed by atoms with Gasteiger partial charge in [0.15, 0.2) is 9.84 Å². The third-order valence-electron chi connectivity index (χ3n) is 6.38. The van der Waals surface area contributed by atoms with E-state index in [2.05, 4.69) is 41.4 Å². The first kappa shape index (κ1) is 21.5. The fraction of sp³-hybridized carbons (Fsp3) is 0.222. The van der Waals surface area contributed by atoms with E-state index in [1.807, 2.05) is 24.3 Å². The molecule has 4 aromatic rings. The van der Waals surface area contributed by atoms with Crippen molar-refractivity contribution in [3.63, 3.8) is 0 Å². The molecule has 1 unspecified atom stereocenters. The summed E-state index contributed by atoms with van der Waals surface area (Å²) in [6.45, 7) is 2.09. The van der Waals surface area contributed by atoms with E-state index in [9.17, 15) is 13.2 Å². The highest BCUT2D eigenvalue weighted by atomic mass is 32.2. The van der Waals surface area contributed by atoms with Gasteiger partial charge < -0.3 is 0 Å². The van der Waals surface area contributed by atoms with Crippen LogP contribution in [0.4, 0.5) is 0 Å². The van der Waals surface area contributed by atoms with E-state index in [0.29, 0.717) is 12.1 Å². The van der Waals surface area contributed by atoms with Crippen molar-refractivity contribution in [3.05, 3.63) is 101 Å². The molecule has 5 rings (SSSR count). The van der Waals surface area contributed by atoms with E-state index in [1.165, 1.54) is 22.5 Å². The van der Waals surface area contributed by atoms with Gasteiger partial charge in [-0.25, -0.2) is 8.42 Å². The lowest BCUT2D eigenvalue weighted by Crippen LogP contribution is -2.08. The highest BCUT2D eigenvalue weighted by molar-refractivity contribution is 7.90. The Bertz CT molecular complexity index is 1430. The van der Waals surface area contributed by atoms with Crippen LogP contribution in [0.3, 0.4) is 0 Å². The molecule has 1 fully saturated rings. The van der Waals surface area contributed by atoms with E-state index in [4.69, 9.17) is 0 Å². The Morgan fingerprint density at radius 1 is 1.00 bits per heavy atom. The number of ketones is 1. The summed E-state index contributed by atoms with van der Waals surface area (Å²) < 4.78 is 25.3. The maximum atomic E-state index is 12.9. The molecule has 0 spiro atoms. The molecule has 0 amide bonds. The topological polar surface area (TPSA) is 77.0 Å². The minimum Gasteiger partial charge on any atom is -0.299 e. The van der Waals surface area contributed by atoms with Crippen molar-refractivity contribution in [2.75, 3.05) is 0 Å². The highest BCUT2D eigenvalue weighted by Gasteiger charge is 2.43. The molecule has 0 bridgehead atoms. The fourth-order valence-corrected chi connectivity index (χ4v) is 5.71. The minimum atomic E-state index is -3.50. The number of carbonyl (C=O) groups excluding carboxylic acids is 1. The molecule has 1 aliphatic rings. The van der Waals surface area contributed by atoms with E-state index < -0.39 is 9.84 Å². The molecule has 1 aliphatic carbocycles. The van der Waals surface area contributed by atoms with Gasteiger partial charge in [-0.15, -0.1) is 0 Å². The van der Waals surface area contributed by atoms with Gasteiger partial charge in [-0.3, -0.25) is 4.79 Å². The number of hydrogen-bond donors (Lipinski definition) is 0. The van der Waals surface area contributed by atoms with Gasteiger partial charge in [-0.05, 0) is 71.0 Å². The van der Waals surface area contributed by atoms with E-state index in [0.717, 1.165) is 17.5 Å². The summed E-state index contributed by atoms with van der Waals surface area (Å²) in [4.78, 5) is 13.2. The first-order valence-electron chi connectivity index (χ1n) is 11.0. The molecule has 0 N–H and O–H groups in total. The molecule has 166 valence electrons. The second-order valence-electron chi connectivity index (χ2n) is 8.77. The average molecular weight is 457 g/mol. The molecule has 2 atom stereocenters. The van der Waals surface area contributed by atoms with Crippen molar-refractivity contribution in [1.82, 2.24) is 10.2 Å². The molecule has 1 aromatic heterocycles. The fourth-order valence-electron chi connectivity index (χ4n) is 4.45. The molecule has 1 saturated carbocycles. The number of rotatable bonds is 7.